The van der Waals surface area contributed by atoms with E-state index in [2.05, 4.69) is 5.32 Å². The molecule has 1 saturated heterocycles. The number of nitrogens with one attached hydrogen (secondary N) is 1. The highest BCUT2D eigenvalue weighted by Gasteiger charge is 2.41. The van der Waals surface area contributed by atoms with Crippen LogP contribution in [0.5, 0.6) is 0 Å². The molecule has 0 atom stereocenters. The van der Waals surface area contributed by atoms with Crippen LogP contribution in [0.25, 0.3) is 0 Å². The van der Waals surface area contributed by atoms with E-state index in [9.17, 15) is 18.0 Å². The predicted molar refractivity (Wildman–Crippen MR) is 91.3 cm³/mol. The number of hydrogen-bond acceptors (Lipinski definition) is 5. The van der Waals surface area contributed by atoms with Crippen LogP contribution in [0.15, 0.2) is 18.2 Å². The van der Waals surface area contributed by atoms with Crippen molar-refractivity contribution >= 4 is 18.6 Å². The molecule has 1 aliphatic rings. The van der Waals surface area contributed by atoms with Gasteiger partial charge in [0, 0.05) is 31.8 Å². The molecular formula is C17H23BF3NO4. The number of alkyl halides is 3. The molecule has 0 spiro atoms. The maximum atomic E-state index is 13.5. The third kappa shape index (κ3) is 5.72. The number of benzene rings is 1. The van der Waals surface area contributed by atoms with Crippen LogP contribution in [0.3, 0.4) is 0 Å². The van der Waals surface area contributed by atoms with Gasteiger partial charge >= 0.3 is 19.3 Å². The minimum absolute atomic E-state index is 0.0812. The summed E-state index contributed by atoms with van der Waals surface area (Å²) in [5.74, 6) is -0.826. The van der Waals surface area contributed by atoms with Crippen LogP contribution >= 0.6 is 0 Å². The van der Waals surface area contributed by atoms with Gasteiger partial charge in [0.1, 0.15) is 0 Å². The average Bonchev–Trinajstić information content (AvgIpc) is 2.50. The predicted octanol–water partition coefficient (Wildman–Crippen LogP) is 2.24. The molecule has 0 bridgehead atoms. The molecule has 0 aliphatic carbocycles. The molecule has 1 aromatic rings. The summed E-state index contributed by atoms with van der Waals surface area (Å²) in [5.41, 5.74) is -1.79. The molecule has 26 heavy (non-hydrogen) atoms. The van der Waals surface area contributed by atoms with E-state index in [1.165, 1.54) is 12.1 Å². The van der Waals surface area contributed by atoms with Crippen LogP contribution in [0.4, 0.5) is 13.2 Å². The Bertz CT molecular complexity index is 623. The van der Waals surface area contributed by atoms with Crippen molar-refractivity contribution in [1.82, 2.24) is 5.32 Å². The Morgan fingerprint density at radius 3 is 2.35 bits per heavy atom. The lowest BCUT2D eigenvalue weighted by molar-refractivity contribution is -0.136. The van der Waals surface area contributed by atoms with Crippen LogP contribution in [-0.4, -0.2) is 46.0 Å². The Balaban J connectivity index is 2.41. The quantitative estimate of drug-likeness (QED) is 0.651. The van der Waals surface area contributed by atoms with Crippen molar-refractivity contribution in [2.45, 2.75) is 26.9 Å². The van der Waals surface area contributed by atoms with E-state index < -0.39 is 24.8 Å². The number of ether oxygens (including phenoxy) is 1. The second kappa shape index (κ2) is 8.41. The van der Waals surface area contributed by atoms with Crippen LogP contribution < -0.4 is 10.8 Å². The molecule has 0 unspecified atom stereocenters. The van der Waals surface area contributed by atoms with Crippen LogP contribution in [-0.2, 0) is 20.2 Å². The zero-order chi connectivity index (χ0) is 19.4. The smallest absolute Gasteiger partial charge is 0.462 e. The maximum Gasteiger partial charge on any atom is 0.495 e. The zero-order valence-corrected chi connectivity index (χ0v) is 15.1. The Kier molecular flexibility index (Phi) is 6.71. The molecule has 2 rings (SSSR count). The van der Waals surface area contributed by atoms with Crippen LogP contribution in [0.2, 0.25) is 0 Å². The van der Waals surface area contributed by atoms with Gasteiger partial charge in [-0.15, -0.1) is 0 Å². The second-order valence-corrected chi connectivity index (χ2v) is 7.22. The van der Waals surface area contributed by atoms with Crippen molar-refractivity contribution in [2.24, 2.45) is 5.41 Å². The highest BCUT2D eigenvalue weighted by atomic mass is 19.4. The minimum atomic E-state index is -4.65. The number of esters is 1. The summed E-state index contributed by atoms with van der Waals surface area (Å²) in [6.07, 6.45) is -4.65. The summed E-state index contributed by atoms with van der Waals surface area (Å²) in [4.78, 5) is 12.5. The monoisotopic (exact) mass is 373 g/mol. The first kappa shape index (κ1) is 20.7. The van der Waals surface area contributed by atoms with E-state index in [1.54, 1.807) is 0 Å². The van der Waals surface area contributed by atoms with Crippen molar-refractivity contribution < 1.29 is 32.0 Å². The second-order valence-electron chi connectivity index (χ2n) is 7.22. The van der Waals surface area contributed by atoms with Gasteiger partial charge in [-0.25, -0.2) is 4.79 Å². The summed E-state index contributed by atoms with van der Waals surface area (Å²) < 4.78 is 56.7. The Labute approximate surface area is 151 Å². The molecule has 0 aromatic heterocycles. The highest BCUT2D eigenvalue weighted by Crippen LogP contribution is 2.29. The van der Waals surface area contributed by atoms with E-state index in [0.29, 0.717) is 13.1 Å². The van der Waals surface area contributed by atoms with Crippen molar-refractivity contribution in [3.05, 3.63) is 29.3 Å². The van der Waals surface area contributed by atoms with E-state index in [4.69, 9.17) is 14.0 Å². The number of carbonyl (C=O) groups excluding carboxylic acids is 1. The first-order valence-electron chi connectivity index (χ1n) is 8.41. The first-order valence-corrected chi connectivity index (χ1v) is 8.41. The first-order chi connectivity index (χ1) is 12.1. The molecule has 1 aromatic carbocycles. The van der Waals surface area contributed by atoms with Crippen molar-refractivity contribution in [3.8, 4) is 0 Å². The molecule has 1 fully saturated rings. The summed E-state index contributed by atoms with van der Waals surface area (Å²) in [7, 11) is -1.29. The lowest BCUT2D eigenvalue weighted by Crippen LogP contribution is -2.48. The maximum absolute atomic E-state index is 13.5. The van der Waals surface area contributed by atoms with Crippen molar-refractivity contribution in [2.75, 3.05) is 32.9 Å². The number of rotatable bonds is 3. The highest BCUT2D eigenvalue weighted by molar-refractivity contribution is 6.63. The molecule has 0 amide bonds. The van der Waals surface area contributed by atoms with Gasteiger partial charge in [-0.05, 0) is 11.5 Å². The molecule has 0 radical (unpaired) electrons. The molecule has 5 nitrogen and oxygen atoms in total. The summed E-state index contributed by atoms with van der Waals surface area (Å²) in [6, 6.07) is 3.41. The summed E-state index contributed by atoms with van der Waals surface area (Å²) in [5, 5.41) is 3.01. The average molecular weight is 373 g/mol. The van der Waals surface area contributed by atoms with Gasteiger partial charge in [0.05, 0.1) is 17.7 Å². The lowest BCUT2D eigenvalue weighted by atomic mass is 9.72. The van der Waals surface area contributed by atoms with Gasteiger partial charge in [0.25, 0.3) is 0 Å². The fraction of sp³-hybridized carbons (Fsp3) is 0.588. The Morgan fingerprint density at radius 1 is 1.19 bits per heavy atom. The van der Waals surface area contributed by atoms with Crippen LogP contribution in [0, 0.1) is 5.41 Å². The van der Waals surface area contributed by atoms with Gasteiger partial charge in [-0.1, -0.05) is 32.9 Å². The molecule has 1 N–H and O–H groups in total. The molecule has 1 aliphatic heterocycles. The molecule has 144 valence electrons. The SMILES string of the molecule is CC(C)(C)COC(=O)c1cccc(C(F)(F)F)c1B1OCCNCCO1. The molecule has 0 saturated carbocycles. The zero-order valence-electron chi connectivity index (χ0n) is 15.1. The van der Waals surface area contributed by atoms with E-state index >= 15 is 0 Å². The van der Waals surface area contributed by atoms with Crippen molar-refractivity contribution in [1.29, 1.82) is 0 Å². The molecular weight excluding hydrogens is 350 g/mol. The van der Waals surface area contributed by atoms with Crippen LogP contribution in [0.1, 0.15) is 36.7 Å². The Morgan fingerprint density at radius 2 is 1.81 bits per heavy atom. The lowest BCUT2D eigenvalue weighted by Gasteiger charge is -2.24. The van der Waals surface area contributed by atoms with Gasteiger partial charge < -0.3 is 19.4 Å². The normalized spacial score (nSPS) is 16.8. The fourth-order valence-electron chi connectivity index (χ4n) is 2.42. The largest absolute Gasteiger partial charge is 0.495 e. The topological polar surface area (TPSA) is 56.8 Å². The summed E-state index contributed by atoms with van der Waals surface area (Å²) >= 11 is 0. The van der Waals surface area contributed by atoms with Gasteiger partial charge in [0.2, 0.25) is 0 Å². The molecule has 1 heterocycles. The minimum Gasteiger partial charge on any atom is -0.462 e. The van der Waals surface area contributed by atoms with Gasteiger partial charge in [-0.2, -0.15) is 13.2 Å². The number of carbonyl (C=O) groups is 1. The van der Waals surface area contributed by atoms with Gasteiger partial charge in [-0.3, -0.25) is 0 Å². The number of hydrogen-bond donors (Lipinski definition) is 1. The summed E-state index contributed by atoms with van der Waals surface area (Å²) in [6.45, 7) is 6.96. The fourth-order valence-corrected chi connectivity index (χ4v) is 2.42. The number of halogens is 3. The van der Waals surface area contributed by atoms with Gasteiger partial charge in [0.15, 0.2) is 0 Å². The van der Waals surface area contributed by atoms with E-state index in [0.717, 1.165) is 6.07 Å². The van der Waals surface area contributed by atoms with E-state index in [-0.39, 0.29) is 36.3 Å². The third-order valence-electron chi connectivity index (χ3n) is 3.60. The third-order valence-corrected chi connectivity index (χ3v) is 3.60. The Hall–Kier alpha value is -1.58. The van der Waals surface area contributed by atoms with Crippen molar-refractivity contribution in [3.63, 3.8) is 0 Å². The van der Waals surface area contributed by atoms with E-state index in [1.807, 2.05) is 20.8 Å². The molecule has 9 heteroatoms. The standard InChI is InChI=1S/C17H23BF3NO4/c1-16(2,3)11-24-15(23)12-5-4-6-13(17(19,20)21)14(12)18-25-9-7-22-8-10-26-18/h4-6,22H,7-11H2,1-3H3.